The van der Waals surface area contributed by atoms with Crippen molar-refractivity contribution >= 4 is 40.3 Å². The highest BCUT2D eigenvalue weighted by Crippen LogP contribution is 2.31. The molecule has 2 aromatic heterocycles. The zero-order valence-corrected chi connectivity index (χ0v) is 15.6. The van der Waals surface area contributed by atoms with E-state index >= 15 is 0 Å². The number of nitrogens with zero attached hydrogens (tertiary/aromatic N) is 1. The predicted octanol–water partition coefficient (Wildman–Crippen LogP) is 4.27. The second-order valence-electron chi connectivity index (χ2n) is 5.90. The van der Waals surface area contributed by atoms with E-state index in [9.17, 15) is 9.59 Å². The molecule has 0 saturated carbocycles. The molecule has 1 aromatic carbocycles. The van der Waals surface area contributed by atoms with E-state index in [0.717, 1.165) is 0 Å². The Bertz CT molecular complexity index is 1100. The van der Waals surface area contributed by atoms with Crippen molar-refractivity contribution in [2.45, 2.75) is 20.8 Å². The van der Waals surface area contributed by atoms with Crippen molar-refractivity contribution in [1.29, 1.82) is 5.26 Å². The van der Waals surface area contributed by atoms with Gasteiger partial charge in [-0.05, 0) is 26.8 Å². The third-order valence-corrected chi connectivity index (χ3v) is 4.48. The number of hydrogen-bond acceptors (Lipinski definition) is 6. The number of esters is 1. The Kier molecular flexibility index (Phi) is 4.93. The van der Waals surface area contributed by atoms with Crippen molar-refractivity contribution in [2.24, 2.45) is 0 Å². The molecule has 0 aliphatic carbocycles. The summed E-state index contributed by atoms with van der Waals surface area (Å²) in [7, 11) is 0. The number of aryl methyl sites for hydroxylation is 2. The first-order chi connectivity index (χ1) is 12.8. The molecule has 0 unspecified atom stereocenters. The third-order valence-electron chi connectivity index (χ3n) is 4.19. The summed E-state index contributed by atoms with van der Waals surface area (Å²) in [6.07, 6.45) is 0. The van der Waals surface area contributed by atoms with E-state index in [0.29, 0.717) is 32.9 Å². The van der Waals surface area contributed by atoms with Crippen molar-refractivity contribution in [3.8, 4) is 6.07 Å². The van der Waals surface area contributed by atoms with E-state index in [-0.39, 0.29) is 17.2 Å². The van der Waals surface area contributed by atoms with Crippen molar-refractivity contribution in [1.82, 2.24) is 0 Å². The van der Waals surface area contributed by atoms with Crippen LogP contribution >= 0.6 is 11.6 Å². The van der Waals surface area contributed by atoms with E-state index in [1.54, 1.807) is 39.0 Å². The SMILES string of the molecule is Cc1oc(NC(=O)COC(=O)c2oc3c(Cl)cccc3c2C)c(C#N)c1C. The molecule has 27 heavy (non-hydrogen) atoms. The van der Waals surface area contributed by atoms with E-state index in [1.165, 1.54) is 0 Å². The molecule has 3 aromatic rings. The number of benzene rings is 1. The maximum atomic E-state index is 12.3. The van der Waals surface area contributed by atoms with Crippen LogP contribution in [-0.4, -0.2) is 18.5 Å². The number of carbonyl (C=O) groups excluding carboxylic acids is 2. The number of carbonyl (C=O) groups is 2. The van der Waals surface area contributed by atoms with Crippen LogP contribution in [0.4, 0.5) is 5.88 Å². The summed E-state index contributed by atoms with van der Waals surface area (Å²) >= 11 is 6.06. The standard InChI is InChI=1S/C19H15ClN2O5/c1-9-11(3)26-18(13(9)7-21)22-15(23)8-25-19(24)16-10(2)12-5-4-6-14(20)17(12)27-16/h4-6H,8H2,1-3H3,(H,22,23). The molecular weight excluding hydrogens is 372 g/mol. The number of ether oxygens (including phenoxy) is 1. The first-order valence-electron chi connectivity index (χ1n) is 7.98. The molecule has 0 atom stereocenters. The second kappa shape index (κ2) is 7.17. The van der Waals surface area contributed by atoms with Crippen LogP contribution in [0, 0.1) is 32.1 Å². The van der Waals surface area contributed by atoms with Crippen molar-refractivity contribution in [3.05, 3.63) is 51.4 Å². The molecule has 0 bridgehead atoms. The Morgan fingerprint density at radius 2 is 1.96 bits per heavy atom. The minimum atomic E-state index is -0.790. The first-order valence-corrected chi connectivity index (χ1v) is 8.36. The zero-order valence-electron chi connectivity index (χ0n) is 14.8. The summed E-state index contributed by atoms with van der Waals surface area (Å²) in [5, 5.41) is 12.6. The Morgan fingerprint density at radius 3 is 2.63 bits per heavy atom. The van der Waals surface area contributed by atoms with Gasteiger partial charge in [0.15, 0.2) is 12.2 Å². The highest BCUT2D eigenvalue weighted by molar-refractivity contribution is 6.35. The number of para-hydroxylation sites is 1. The fraction of sp³-hybridized carbons (Fsp3) is 0.211. The summed E-state index contributed by atoms with van der Waals surface area (Å²) in [4.78, 5) is 24.3. The molecule has 138 valence electrons. The van der Waals surface area contributed by atoms with Crippen LogP contribution in [0.3, 0.4) is 0 Å². The monoisotopic (exact) mass is 386 g/mol. The van der Waals surface area contributed by atoms with Crippen molar-refractivity contribution < 1.29 is 23.2 Å². The number of amides is 1. The maximum Gasteiger partial charge on any atom is 0.375 e. The Morgan fingerprint density at radius 1 is 1.22 bits per heavy atom. The molecule has 0 radical (unpaired) electrons. The van der Waals surface area contributed by atoms with Gasteiger partial charge in [0, 0.05) is 16.5 Å². The molecule has 0 fully saturated rings. The Balaban J connectivity index is 1.70. The molecule has 1 amide bonds. The largest absolute Gasteiger partial charge is 0.450 e. The lowest BCUT2D eigenvalue weighted by atomic mass is 10.1. The van der Waals surface area contributed by atoms with Crippen LogP contribution in [0.5, 0.6) is 0 Å². The smallest absolute Gasteiger partial charge is 0.375 e. The van der Waals surface area contributed by atoms with Gasteiger partial charge in [-0.1, -0.05) is 23.7 Å². The van der Waals surface area contributed by atoms with Gasteiger partial charge in [-0.25, -0.2) is 4.79 Å². The molecule has 3 rings (SSSR count). The minimum Gasteiger partial charge on any atom is -0.450 e. The van der Waals surface area contributed by atoms with Crippen LogP contribution < -0.4 is 5.32 Å². The van der Waals surface area contributed by atoms with E-state index in [4.69, 9.17) is 30.4 Å². The third kappa shape index (κ3) is 3.39. The number of fused-ring (bicyclic) bond motifs is 1. The fourth-order valence-corrected chi connectivity index (χ4v) is 2.83. The number of anilines is 1. The molecule has 0 spiro atoms. The van der Waals surface area contributed by atoms with E-state index in [2.05, 4.69) is 5.32 Å². The molecule has 0 saturated heterocycles. The van der Waals surface area contributed by atoms with Gasteiger partial charge in [-0.15, -0.1) is 0 Å². The highest BCUT2D eigenvalue weighted by Gasteiger charge is 2.22. The quantitative estimate of drug-likeness (QED) is 0.671. The lowest BCUT2D eigenvalue weighted by Gasteiger charge is -2.04. The van der Waals surface area contributed by atoms with E-state index in [1.807, 2.05) is 6.07 Å². The second-order valence-corrected chi connectivity index (χ2v) is 6.30. The molecule has 2 heterocycles. The first kappa shape index (κ1) is 18.5. The maximum absolute atomic E-state index is 12.3. The number of nitrogens with one attached hydrogen (secondary N) is 1. The van der Waals surface area contributed by atoms with Crippen LogP contribution in [0.2, 0.25) is 5.02 Å². The number of furan rings is 2. The number of hydrogen-bond donors (Lipinski definition) is 1. The molecule has 0 aliphatic heterocycles. The average Bonchev–Trinajstić information content (AvgIpc) is 3.11. The number of halogens is 1. The molecular formula is C19H15ClN2O5. The lowest BCUT2D eigenvalue weighted by Crippen LogP contribution is -2.21. The average molecular weight is 387 g/mol. The van der Waals surface area contributed by atoms with Crippen molar-refractivity contribution in [2.75, 3.05) is 11.9 Å². The van der Waals surface area contributed by atoms with Gasteiger partial charge in [0.05, 0.1) is 5.02 Å². The van der Waals surface area contributed by atoms with Crippen LogP contribution in [-0.2, 0) is 9.53 Å². The zero-order chi connectivity index (χ0) is 19.7. The number of nitriles is 1. The van der Waals surface area contributed by atoms with Crippen LogP contribution in [0.25, 0.3) is 11.0 Å². The summed E-state index contributed by atoms with van der Waals surface area (Å²) in [5.74, 6) is -0.898. The normalized spacial score (nSPS) is 10.6. The summed E-state index contributed by atoms with van der Waals surface area (Å²) in [5.41, 5.74) is 1.82. The summed E-state index contributed by atoms with van der Waals surface area (Å²) in [6, 6.07) is 7.13. The van der Waals surface area contributed by atoms with Gasteiger partial charge >= 0.3 is 5.97 Å². The van der Waals surface area contributed by atoms with Crippen LogP contribution in [0.15, 0.2) is 27.0 Å². The van der Waals surface area contributed by atoms with Gasteiger partial charge < -0.3 is 13.6 Å². The molecule has 0 aliphatic rings. The Labute approximate surface area is 159 Å². The van der Waals surface area contributed by atoms with Gasteiger partial charge in [0.1, 0.15) is 17.4 Å². The summed E-state index contributed by atoms with van der Waals surface area (Å²) in [6.45, 7) is 4.53. The van der Waals surface area contributed by atoms with Gasteiger partial charge in [0.25, 0.3) is 5.91 Å². The van der Waals surface area contributed by atoms with Crippen molar-refractivity contribution in [3.63, 3.8) is 0 Å². The highest BCUT2D eigenvalue weighted by atomic mass is 35.5. The topological polar surface area (TPSA) is 105 Å². The van der Waals surface area contributed by atoms with Gasteiger partial charge in [-0.2, -0.15) is 5.26 Å². The van der Waals surface area contributed by atoms with Gasteiger partial charge in [-0.3, -0.25) is 10.1 Å². The fourth-order valence-electron chi connectivity index (χ4n) is 2.61. The summed E-state index contributed by atoms with van der Waals surface area (Å²) < 4.78 is 15.9. The van der Waals surface area contributed by atoms with E-state index < -0.39 is 18.5 Å². The molecule has 8 heteroatoms. The molecule has 7 nitrogen and oxygen atoms in total. The van der Waals surface area contributed by atoms with Gasteiger partial charge in [0.2, 0.25) is 11.6 Å². The minimum absolute atomic E-state index is 0.0201. The number of rotatable bonds is 4. The van der Waals surface area contributed by atoms with Crippen LogP contribution in [0.1, 0.15) is 33.0 Å². The lowest BCUT2D eigenvalue weighted by molar-refractivity contribution is -0.119. The predicted molar refractivity (Wildman–Crippen MR) is 97.8 cm³/mol. The molecule has 1 N–H and O–H groups in total. The Hall–Kier alpha value is -3.24.